The SMILES string of the molecule is CC(C)(C)OC(=O)N[C@H](CF)C1CCC(C(=O)N2CC[C@H](c3ccc(F)cc3)[C@H]2C(=O)Nc2ccc3[nH]c(C(=O)O)cc3c2)CC1. The summed E-state index contributed by atoms with van der Waals surface area (Å²) in [5.74, 6) is -2.96. The number of carbonyl (C=O) groups is 4. The molecule has 246 valence electrons. The number of anilines is 1. The van der Waals surface area contributed by atoms with Gasteiger partial charge in [-0.15, -0.1) is 0 Å². The number of likely N-dealkylation sites (tertiary alicyclic amines) is 1. The summed E-state index contributed by atoms with van der Waals surface area (Å²) >= 11 is 0. The van der Waals surface area contributed by atoms with Gasteiger partial charge in [0.15, 0.2) is 0 Å². The number of halogens is 2. The summed E-state index contributed by atoms with van der Waals surface area (Å²) in [5.41, 5.74) is 1.10. The number of aromatic carboxylic acids is 1. The number of carboxylic acid groups (broad SMARTS) is 1. The molecule has 3 amide bonds. The third-order valence-corrected chi connectivity index (χ3v) is 8.92. The van der Waals surface area contributed by atoms with Crippen molar-refractivity contribution >= 4 is 40.5 Å². The maximum absolute atomic E-state index is 14.0. The van der Waals surface area contributed by atoms with Crippen LogP contribution in [0.1, 0.15) is 74.8 Å². The van der Waals surface area contributed by atoms with E-state index in [0.29, 0.717) is 55.2 Å². The standard InChI is InChI=1S/C34H40F2N4O6/c1-34(2,3)46-33(45)39-28(18-35)20-4-6-21(7-5-20)31(42)40-15-14-25(19-8-10-23(36)11-9-19)29(40)30(41)37-24-12-13-26-22(16-24)17-27(38-26)32(43)44/h8-13,16-17,20-21,25,28-29,38H,4-7,14-15,18H2,1-3H3,(H,37,41)(H,39,45)(H,43,44)/t20?,21?,25-,28-,29+/m1/s1. The summed E-state index contributed by atoms with van der Waals surface area (Å²) < 4.78 is 33.0. The summed E-state index contributed by atoms with van der Waals surface area (Å²) in [6, 6.07) is 10.8. The molecule has 3 atom stereocenters. The second-order valence-electron chi connectivity index (χ2n) is 13.2. The van der Waals surface area contributed by atoms with Crippen molar-refractivity contribution < 1.29 is 37.8 Å². The van der Waals surface area contributed by atoms with Gasteiger partial charge in [0.25, 0.3) is 0 Å². The lowest BCUT2D eigenvalue weighted by molar-refractivity contribution is -0.141. The van der Waals surface area contributed by atoms with Gasteiger partial charge in [0, 0.05) is 35.0 Å². The van der Waals surface area contributed by atoms with Gasteiger partial charge >= 0.3 is 12.1 Å². The maximum atomic E-state index is 14.0. The molecule has 2 heterocycles. The molecule has 1 saturated carbocycles. The number of H-pyrrole nitrogens is 1. The minimum Gasteiger partial charge on any atom is -0.477 e. The highest BCUT2D eigenvalue weighted by Crippen LogP contribution is 2.39. The van der Waals surface area contributed by atoms with Gasteiger partial charge in [-0.3, -0.25) is 9.59 Å². The van der Waals surface area contributed by atoms with Gasteiger partial charge in [-0.2, -0.15) is 0 Å². The van der Waals surface area contributed by atoms with Crippen LogP contribution >= 0.6 is 0 Å². The number of alkyl halides is 1. The highest BCUT2D eigenvalue weighted by molar-refractivity contribution is 6.01. The fourth-order valence-corrected chi connectivity index (χ4v) is 6.71. The average Bonchev–Trinajstić information content (AvgIpc) is 3.64. The second-order valence-corrected chi connectivity index (χ2v) is 13.2. The molecule has 10 nitrogen and oxygen atoms in total. The summed E-state index contributed by atoms with van der Waals surface area (Å²) in [7, 11) is 0. The Morgan fingerprint density at radius 3 is 2.35 bits per heavy atom. The van der Waals surface area contributed by atoms with Crippen molar-refractivity contribution in [1.29, 1.82) is 0 Å². The predicted molar refractivity (Wildman–Crippen MR) is 168 cm³/mol. The molecule has 1 aliphatic heterocycles. The van der Waals surface area contributed by atoms with Gasteiger partial charge in [0.05, 0.1) is 6.04 Å². The number of amides is 3. The predicted octanol–water partition coefficient (Wildman–Crippen LogP) is 6.00. The number of carboxylic acids is 1. The van der Waals surface area contributed by atoms with Gasteiger partial charge in [-0.1, -0.05) is 12.1 Å². The zero-order valence-corrected chi connectivity index (χ0v) is 26.1. The molecular formula is C34H40F2N4O6. The highest BCUT2D eigenvalue weighted by Gasteiger charge is 2.45. The van der Waals surface area contributed by atoms with Gasteiger partial charge < -0.3 is 30.4 Å². The van der Waals surface area contributed by atoms with E-state index in [9.17, 15) is 33.1 Å². The first-order valence-electron chi connectivity index (χ1n) is 15.6. The fourth-order valence-electron chi connectivity index (χ4n) is 6.71. The molecule has 4 N–H and O–H groups in total. The average molecular weight is 639 g/mol. The lowest BCUT2D eigenvalue weighted by atomic mass is 9.78. The van der Waals surface area contributed by atoms with Gasteiger partial charge in [0.1, 0.15) is 29.8 Å². The highest BCUT2D eigenvalue weighted by atomic mass is 19.1. The Kier molecular flexibility index (Phi) is 9.64. The van der Waals surface area contributed by atoms with Crippen molar-refractivity contribution in [2.75, 3.05) is 18.5 Å². The van der Waals surface area contributed by atoms with Crippen molar-refractivity contribution in [1.82, 2.24) is 15.2 Å². The summed E-state index contributed by atoms with van der Waals surface area (Å²) in [5, 5.41) is 15.5. The van der Waals surface area contributed by atoms with Gasteiger partial charge in [-0.25, -0.2) is 18.4 Å². The summed E-state index contributed by atoms with van der Waals surface area (Å²) in [6.07, 6.45) is 1.86. The Hall–Kier alpha value is -4.48. The van der Waals surface area contributed by atoms with E-state index in [1.54, 1.807) is 56.0 Å². The van der Waals surface area contributed by atoms with E-state index in [1.807, 2.05) is 0 Å². The fraction of sp³-hybridized carbons (Fsp3) is 0.471. The molecule has 5 rings (SSSR count). The van der Waals surface area contributed by atoms with Crippen LogP contribution in [0.4, 0.5) is 19.3 Å². The number of hydrogen-bond donors (Lipinski definition) is 4. The molecule has 0 bridgehead atoms. The number of nitrogens with zero attached hydrogens (tertiary/aromatic N) is 1. The molecule has 1 saturated heterocycles. The van der Waals surface area contributed by atoms with E-state index in [2.05, 4.69) is 15.6 Å². The number of alkyl carbamates (subject to hydrolysis) is 1. The summed E-state index contributed by atoms with van der Waals surface area (Å²) in [6.45, 7) is 4.79. The van der Waals surface area contributed by atoms with Crippen LogP contribution in [0.5, 0.6) is 0 Å². The third-order valence-electron chi connectivity index (χ3n) is 8.92. The van der Waals surface area contributed by atoms with Crippen molar-refractivity contribution in [2.45, 2.75) is 76.5 Å². The zero-order valence-electron chi connectivity index (χ0n) is 26.1. The number of ether oxygens (including phenoxy) is 1. The van der Waals surface area contributed by atoms with Gasteiger partial charge in [-0.05, 0) is 101 Å². The number of hydrogen-bond acceptors (Lipinski definition) is 5. The Bertz CT molecular complexity index is 1590. The van der Waals surface area contributed by atoms with E-state index >= 15 is 0 Å². The molecule has 0 radical (unpaired) electrons. The number of aromatic amines is 1. The molecule has 0 spiro atoms. The Balaban J connectivity index is 1.30. The third kappa shape index (κ3) is 7.48. The largest absolute Gasteiger partial charge is 0.477 e. The van der Waals surface area contributed by atoms with Crippen molar-refractivity contribution in [3.63, 3.8) is 0 Å². The van der Waals surface area contributed by atoms with Crippen molar-refractivity contribution in [2.24, 2.45) is 11.8 Å². The summed E-state index contributed by atoms with van der Waals surface area (Å²) in [4.78, 5) is 56.0. The van der Waals surface area contributed by atoms with Crippen molar-refractivity contribution in [3.8, 4) is 0 Å². The van der Waals surface area contributed by atoms with Crippen LogP contribution in [-0.4, -0.2) is 69.8 Å². The number of fused-ring (bicyclic) bond motifs is 1. The van der Waals surface area contributed by atoms with E-state index < -0.39 is 48.1 Å². The number of aromatic nitrogens is 1. The molecule has 2 fully saturated rings. The first kappa shape index (κ1) is 32.9. The molecule has 1 aliphatic carbocycles. The van der Waals surface area contributed by atoms with E-state index in [-0.39, 0.29) is 29.4 Å². The van der Waals surface area contributed by atoms with Crippen LogP contribution in [0.2, 0.25) is 0 Å². The monoisotopic (exact) mass is 638 g/mol. The zero-order chi connectivity index (χ0) is 33.2. The van der Waals surface area contributed by atoms with Gasteiger partial charge in [0.2, 0.25) is 11.8 Å². The number of benzene rings is 2. The lowest BCUT2D eigenvalue weighted by Gasteiger charge is -2.36. The van der Waals surface area contributed by atoms with Crippen LogP contribution in [0, 0.1) is 17.7 Å². The quantitative estimate of drug-likeness (QED) is 0.239. The first-order valence-corrected chi connectivity index (χ1v) is 15.6. The smallest absolute Gasteiger partial charge is 0.407 e. The number of rotatable bonds is 8. The van der Waals surface area contributed by atoms with Crippen LogP contribution in [-0.2, 0) is 14.3 Å². The maximum Gasteiger partial charge on any atom is 0.407 e. The van der Waals surface area contributed by atoms with E-state index in [4.69, 9.17) is 4.74 Å². The number of nitrogens with one attached hydrogen (secondary N) is 3. The molecule has 0 unspecified atom stereocenters. The Morgan fingerprint density at radius 2 is 1.72 bits per heavy atom. The topological polar surface area (TPSA) is 141 Å². The lowest BCUT2D eigenvalue weighted by Crippen LogP contribution is -2.49. The Labute approximate surface area is 265 Å². The molecule has 3 aromatic rings. The van der Waals surface area contributed by atoms with E-state index in [0.717, 1.165) is 5.56 Å². The van der Waals surface area contributed by atoms with Crippen LogP contribution in [0.15, 0.2) is 48.5 Å². The van der Waals surface area contributed by atoms with Crippen molar-refractivity contribution in [3.05, 3.63) is 65.6 Å². The van der Waals surface area contributed by atoms with E-state index in [1.165, 1.54) is 18.2 Å². The normalized spacial score (nSPS) is 22.3. The van der Waals surface area contributed by atoms with Crippen LogP contribution in [0.3, 0.4) is 0 Å². The first-order chi connectivity index (χ1) is 21.8. The minimum atomic E-state index is -1.10. The van der Waals surface area contributed by atoms with Crippen LogP contribution < -0.4 is 10.6 Å². The molecular weight excluding hydrogens is 598 g/mol. The molecule has 12 heteroatoms. The number of carbonyl (C=O) groups excluding carboxylic acids is 3. The Morgan fingerprint density at radius 1 is 1.02 bits per heavy atom. The second kappa shape index (κ2) is 13.5. The molecule has 46 heavy (non-hydrogen) atoms. The molecule has 2 aromatic carbocycles. The molecule has 2 aliphatic rings. The van der Waals surface area contributed by atoms with Crippen LogP contribution in [0.25, 0.3) is 10.9 Å². The molecule has 1 aromatic heterocycles. The minimum absolute atomic E-state index is 0.0237.